The lowest BCUT2D eigenvalue weighted by molar-refractivity contribution is -0.142. The number of halogens is 1. The summed E-state index contributed by atoms with van der Waals surface area (Å²) in [4.78, 5) is 23.2. The van der Waals surface area contributed by atoms with Crippen molar-refractivity contribution in [3.05, 3.63) is 34.9 Å². The number of aliphatic carboxylic acids is 1. The second kappa shape index (κ2) is 5.21. The summed E-state index contributed by atoms with van der Waals surface area (Å²) in [5.74, 6) is -1.20. The van der Waals surface area contributed by atoms with Crippen molar-refractivity contribution in [2.75, 3.05) is 0 Å². The molecule has 0 unspecified atom stereocenters. The van der Waals surface area contributed by atoms with Gasteiger partial charge in [0.25, 0.3) is 0 Å². The van der Waals surface area contributed by atoms with Gasteiger partial charge in [0.15, 0.2) is 0 Å². The largest absolute Gasteiger partial charge is 0.480 e. The highest BCUT2D eigenvalue weighted by Crippen LogP contribution is 2.48. The Kier molecular flexibility index (Phi) is 3.80. The van der Waals surface area contributed by atoms with Crippen molar-refractivity contribution < 1.29 is 14.7 Å². The van der Waals surface area contributed by atoms with Gasteiger partial charge in [0, 0.05) is 5.02 Å². The van der Waals surface area contributed by atoms with Crippen molar-refractivity contribution in [1.82, 2.24) is 5.32 Å². The van der Waals surface area contributed by atoms with Crippen LogP contribution in [0.1, 0.15) is 31.7 Å². The molecule has 0 aromatic heterocycles. The zero-order chi connectivity index (χ0) is 14.0. The highest BCUT2D eigenvalue weighted by Gasteiger charge is 2.51. The van der Waals surface area contributed by atoms with Gasteiger partial charge in [-0.3, -0.25) is 4.79 Å². The van der Waals surface area contributed by atoms with Gasteiger partial charge in [-0.2, -0.15) is 0 Å². The van der Waals surface area contributed by atoms with Crippen LogP contribution in [0, 0.1) is 0 Å². The van der Waals surface area contributed by atoms with Crippen molar-refractivity contribution in [3.8, 4) is 0 Å². The molecule has 2 rings (SSSR count). The average molecular weight is 282 g/mol. The van der Waals surface area contributed by atoms with Gasteiger partial charge in [-0.25, -0.2) is 4.79 Å². The molecule has 1 fully saturated rings. The molecule has 1 aromatic carbocycles. The zero-order valence-electron chi connectivity index (χ0n) is 10.6. The van der Waals surface area contributed by atoms with Crippen LogP contribution >= 0.6 is 11.6 Å². The number of nitrogens with one attached hydrogen (secondary N) is 1. The lowest BCUT2D eigenvalue weighted by Crippen LogP contribution is -2.45. The van der Waals surface area contributed by atoms with Gasteiger partial charge in [-0.05, 0) is 37.0 Å². The Balaban J connectivity index is 2.14. The van der Waals surface area contributed by atoms with Gasteiger partial charge in [0.1, 0.15) is 6.04 Å². The topological polar surface area (TPSA) is 66.4 Å². The zero-order valence-corrected chi connectivity index (χ0v) is 11.4. The number of carboxylic acid groups (broad SMARTS) is 1. The van der Waals surface area contributed by atoms with Crippen molar-refractivity contribution in [2.45, 2.75) is 37.6 Å². The molecule has 4 nitrogen and oxygen atoms in total. The number of amides is 1. The Hall–Kier alpha value is -1.55. The molecular weight excluding hydrogens is 266 g/mol. The fraction of sp³-hybridized carbons (Fsp3) is 0.429. The summed E-state index contributed by atoms with van der Waals surface area (Å²) < 4.78 is 0. The number of carbonyl (C=O) groups is 2. The van der Waals surface area contributed by atoms with Crippen molar-refractivity contribution in [3.63, 3.8) is 0 Å². The summed E-state index contributed by atoms with van der Waals surface area (Å²) in [6.45, 7) is 1.74. The van der Waals surface area contributed by atoms with E-state index in [1.807, 2.05) is 12.1 Å². The summed E-state index contributed by atoms with van der Waals surface area (Å²) in [5, 5.41) is 12.2. The first-order valence-electron chi connectivity index (χ1n) is 6.29. The minimum absolute atomic E-state index is 0.205. The van der Waals surface area contributed by atoms with E-state index < -0.39 is 17.4 Å². The lowest BCUT2D eigenvalue weighted by Gasteiger charge is -2.19. The number of hydrogen-bond donors (Lipinski definition) is 2. The molecule has 5 heteroatoms. The fourth-order valence-electron chi connectivity index (χ4n) is 2.18. The Bertz CT molecular complexity index is 494. The van der Waals surface area contributed by atoms with Crippen LogP contribution < -0.4 is 5.32 Å². The molecule has 1 aliphatic rings. The number of hydrogen-bond acceptors (Lipinski definition) is 2. The van der Waals surface area contributed by atoms with E-state index in [0.29, 0.717) is 11.4 Å². The van der Waals surface area contributed by atoms with Crippen LogP contribution in [0.3, 0.4) is 0 Å². The van der Waals surface area contributed by atoms with Gasteiger partial charge >= 0.3 is 5.97 Å². The first-order chi connectivity index (χ1) is 8.99. The molecule has 0 radical (unpaired) electrons. The predicted molar refractivity (Wildman–Crippen MR) is 72.2 cm³/mol. The molecule has 1 atom stereocenters. The monoisotopic (exact) mass is 281 g/mol. The Morgan fingerprint density at radius 1 is 1.37 bits per heavy atom. The first-order valence-corrected chi connectivity index (χ1v) is 6.67. The smallest absolute Gasteiger partial charge is 0.326 e. The van der Waals surface area contributed by atoms with Crippen LogP contribution in [-0.4, -0.2) is 23.0 Å². The molecule has 1 aliphatic carbocycles. The summed E-state index contributed by atoms with van der Waals surface area (Å²) in [6.07, 6.45) is 1.87. The number of benzene rings is 1. The van der Waals surface area contributed by atoms with E-state index in [2.05, 4.69) is 5.32 Å². The molecule has 0 heterocycles. The van der Waals surface area contributed by atoms with Crippen molar-refractivity contribution in [2.24, 2.45) is 0 Å². The standard InChI is InChI=1S/C14H16ClNO3/c1-2-11(12(17)18)16-13(19)14(7-8-14)9-3-5-10(15)6-4-9/h3-6,11H,2,7-8H2,1H3,(H,16,19)(H,17,18)/t11-/m1/s1. The molecule has 1 amide bonds. The molecule has 0 spiro atoms. The van der Waals surface area contributed by atoms with Gasteiger partial charge in [0.05, 0.1) is 5.41 Å². The maximum Gasteiger partial charge on any atom is 0.326 e. The van der Waals surface area contributed by atoms with Crippen LogP contribution in [0.5, 0.6) is 0 Å². The van der Waals surface area contributed by atoms with E-state index >= 15 is 0 Å². The molecule has 1 aromatic rings. The number of carbonyl (C=O) groups excluding carboxylic acids is 1. The highest BCUT2D eigenvalue weighted by molar-refractivity contribution is 6.30. The maximum atomic E-state index is 12.3. The van der Waals surface area contributed by atoms with E-state index in [1.165, 1.54) is 0 Å². The fourth-order valence-corrected chi connectivity index (χ4v) is 2.30. The van der Waals surface area contributed by atoms with Crippen LogP contribution in [0.4, 0.5) is 0 Å². The predicted octanol–water partition coefficient (Wildman–Crippen LogP) is 2.35. The Morgan fingerprint density at radius 3 is 2.37 bits per heavy atom. The van der Waals surface area contributed by atoms with E-state index in [9.17, 15) is 9.59 Å². The molecule has 19 heavy (non-hydrogen) atoms. The maximum absolute atomic E-state index is 12.3. The summed E-state index contributed by atoms with van der Waals surface area (Å²) in [5.41, 5.74) is 0.336. The molecule has 0 bridgehead atoms. The van der Waals surface area contributed by atoms with E-state index in [1.54, 1.807) is 19.1 Å². The lowest BCUT2D eigenvalue weighted by atomic mass is 9.94. The molecule has 2 N–H and O–H groups in total. The highest BCUT2D eigenvalue weighted by atomic mass is 35.5. The summed E-state index contributed by atoms with van der Waals surface area (Å²) in [7, 11) is 0. The molecule has 102 valence electrons. The van der Waals surface area contributed by atoms with Crippen LogP contribution in [-0.2, 0) is 15.0 Å². The van der Waals surface area contributed by atoms with Crippen molar-refractivity contribution in [1.29, 1.82) is 0 Å². The number of rotatable bonds is 5. The third-order valence-electron chi connectivity index (χ3n) is 3.59. The molecule has 0 aliphatic heterocycles. The third kappa shape index (κ3) is 2.73. The second-order valence-corrected chi connectivity index (χ2v) is 5.30. The van der Waals surface area contributed by atoms with E-state index in [4.69, 9.17) is 16.7 Å². The van der Waals surface area contributed by atoms with Gasteiger partial charge < -0.3 is 10.4 Å². The Morgan fingerprint density at radius 2 is 1.95 bits per heavy atom. The SMILES string of the molecule is CC[C@@H](NC(=O)C1(c2ccc(Cl)cc2)CC1)C(=O)O. The van der Waals surface area contributed by atoms with Crippen LogP contribution in [0.2, 0.25) is 5.02 Å². The molecular formula is C14H16ClNO3. The van der Waals surface area contributed by atoms with E-state index in [-0.39, 0.29) is 5.91 Å². The minimum Gasteiger partial charge on any atom is -0.480 e. The quantitative estimate of drug-likeness (QED) is 0.871. The second-order valence-electron chi connectivity index (χ2n) is 4.86. The van der Waals surface area contributed by atoms with Gasteiger partial charge in [-0.15, -0.1) is 0 Å². The van der Waals surface area contributed by atoms with Crippen LogP contribution in [0.25, 0.3) is 0 Å². The van der Waals surface area contributed by atoms with E-state index in [0.717, 1.165) is 18.4 Å². The first kappa shape index (κ1) is 13.9. The summed E-state index contributed by atoms with van der Waals surface area (Å²) in [6, 6.07) is 6.34. The Labute approximate surface area is 116 Å². The molecule has 0 saturated heterocycles. The minimum atomic E-state index is -0.997. The number of carboxylic acids is 1. The van der Waals surface area contributed by atoms with Crippen LogP contribution in [0.15, 0.2) is 24.3 Å². The molecule has 1 saturated carbocycles. The normalized spacial score (nSPS) is 17.6. The summed E-state index contributed by atoms with van der Waals surface area (Å²) >= 11 is 5.83. The van der Waals surface area contributed by atoms with Gasteiger partial charge in [0.2, 0.25) is 5.91 Å². The van der Waals surface area contributed by atoms with Crippen molar-refractivity contribution >= 4 is 23.5 Å². The van der Waals surface area contributed by atoms with Gasteiger partial charge in [-0.1, -0.05) is 30.7 Å². The third-order valence-corrected chi connectivity index (χ3v) is 3.85. The average Bonchev–Trinajstić information content (AvgIpc) is 3.17.